The Kier molecular flexibility index (Phi) is 6.95. The van der Waals surface area contributed by atoms with Gasteiger partial charge < -0.3 is 14.5 Å². The van der Waals surface area contributed by atoms with Crippen LogP contribution >= 0.6 is 11.6 Å². The van der Waals surface area contributed by atoms with Crippen LogP contribution in [0.25, 0.3) is 22.3 Å². The largest absolute Gasteiger partial charge is 0.455 e. The standard InChI is InChI=1S/C26H26ClN5O6S/c1-13-7-18(15(3)29-20-5-6-21(27)30-22(20)26(34)31-39(4,35)36)25-19(8-13)23(33)14(2)24(38-25)16-9-28-32(10-16)17-11-37-12-17/h5-10,15,17,29H,11-12H2,1-4H3,(H,31,34)/t15-/m1/s1. The molecule has 1 atom stereocenters. The van der Waals surface area contributed by atoms with Crippen molar-refractivity contribution in [3.63, 3.8) is 0 Å². The normalized spacial score (nSPS) is 14.7. The van der Waals surface area contributed by atoms with Gasteiger partial charge in [-0.25, -0.2) is 18.1 Å². The fourth-order valence-electron chi connectivity index (χ4n) is 4.45. The van der Waals surface area contributed by atoms with Gasteiger partial charge in [-0.1, -0.05) is 17.7 Å². The van der Waals surface area contributed by atoms with Gasteiger partial charge in [0.15, 0.2) is 11.1 Å². The molecule has 13 heteroatoms. The van der Waals surface area contributed by atoms with Crippen LogP contribution in [0.3, 0.4) is 0 Å². The molecule has 11 nitrogen and oxygen atoms in total. The molecule has 0 aliphatic carbocycles. The molecule has 2 N–H and O–H groups in total. The Morgan fingerprint density at radius 1 is 1.23 bits per heavy atom. The summed E-state index contributed by atoms with van der Waals surface area (Å²) in [5.74, 6) is -0.514. The summed E-state index contributed by atoms with van der Waals surface area (Å²) in [6.07, 6.45) is 4.37. The topological polar surface area (TPSA) is 145 Å². The Morgan fingerprint density at radius 3 is 2.64 bits per heavy atom. The van der Waals surface area contributed by atoms with Crippen molar-refractivity contribution < 1.29 is 22.4 Å². The number of carbonyl (C=O) groups is 1. The van der Waals surface area contributed by atoms with E-state index in [1.54, 1.807) is 23.9 Å². The number of ether oxygens (including phenoxy) is 1. The average Bonchev–Trinajstić information content (AvgIpc) is 3.29. The van der Waals surface area contributed by atoms with E-state index in [4.69, 9.17) is 20.8 Å². The summed E-state index contributed by atoms with van der Waals surface area (Å²) in [5, 5.41) is 8.06. The quantitative estimate of drug-likeness (QED) is 0.317. The van der Waals surface area contributed by atoms with Gasteiger partial charge in [-0.2, -0.15) is 5.10 Å². The van der Waals surface area contributed by atoms with E-state index >= 15 is 0 Å². The molecular weight excluding hydrogens is 546 g/mol. The highest BCUT2D eigenvalue weighted by atomic mass is 35.5. The van der Waals surface area contributed by atoms with Crippen molar-refractivity contribution in [2.45, 2.75) is 32.9 Å². The fraction of sp³-hybridized carbons (Fsp3) is 0.308. The fourth-order valence-corrected chi connectivity index (χ4v) is 5.03. The van der Waals surface area contributed by atoms with Crippen LogP contribution in [0.5, 0.6) is 0 Å². The first-order chi connectivity index (χ1) is 18.4. The molecule has 0 radical (unpaired) electrons. The average molecular weight is 572 g/mol. The molecule has 1 amide bonds. The van der Waals surface area contributed by atoms with E-state index in [-0.39, 0.29) is 28.0 Å². The minimum absolute atomic E-state index is 0.0213. The van der Waals surface area contributed by atoms with Gasteiger partial charge in [0, 0.05) is 17.3 Å². The molecule has 1 saturated heterocycles. The lowest BCUT2D eigenvalue weighted by molar-refractivity contribution is -0.0286. The van der Waals surface area contributed by atoms with Crippen molar-refractivity contribution in [2.24, 2.45) is 0 Å². The Hall–Kier alpha value is -3.74. The van der Waals surface area contributed by atoms with E-state index in [9.17, 15) is 18.0 Å². The molecule has 0 unspecified atom stereocenters. The molecule has 0 saturated carbocycles. The summed E-state index contributed by atoms with van der Waals surface area (Å²) in [7, 11) is -3.83. The first kappa shape index (κ1) is 26.9. The molecule has 1 aliphatic heterocycles. The second-order valence-electron chi connectivity index (χ2n) is 9.62. The third-order valence-electron chi connectivity index (χ3n) is 6.44. The molecule has 4 heterocycles. The van der Waals surface area contributed by atoms with Crippen molar-refractivity contribution in [1.29, 1.82) is 0 Å². The Morgan fingerprint density at radius 2 is 1.97 bits per heavy atom. The lowest BCUT2D eigenvalue weighted by atomic mass is 9.99. The minimum atomic E-state index is -3.83. The smallest absolute Gasteiger partial charge is 0.285 e. The second kappa shape index (κ2) is 10.1. The maximum Gasteiger partial charge on any atom is 0.285 e. The van der Waals surface area contributed by atoms with Gasteiger partial charge in [-0.15, -0.1) is 0 Å². The van der Waals surface area contributed by atoms with Gasteiger partial charge in [0.1, 0.15) is 16.5 Å². The summed E-state index contributed by atoms with van der Waals surface area (Å²) < 4.78 is 38.6. The van der Waals surface area contributed by atoms with Crippen LogP contribution in [0.2, 0.25) is 5.15 Å². The van der Waals surface area contributed by atoms with E-state index in [2.05, 4.69) is 15.4 Å². The summed E-state index contributed by atoms with van der Waals surface area (Å²) >= 11 is 5.99. The van der Waals surface area contributed by atoms with Crippen LogP contribution in [0, 0.1) is 13.8 Å². The molecular formula is C26H26ClN5O6S. The monoisotopic (exact) mass is 571 g/mol. The number of aryl methyl sites for hydroxylation is 1. The highest BCUT2D eigenvalue weighted by molar-refractivity contribution is 7.89. The number of fused-ring (bicyclic) bond motifs is 1. The Balaban J connectivity index is 1.58. The number of halogens is 1. The number of nitrogens with zero attached hydrogens (tertiary/aromatic N) is 3. The number of sulfonamides is 1. The lowest BCUT2D eigenvalue weighted by Gasteiger charge is -2.25. The molecule has 204 valence electrons. The summed E-state index contributed by atoms with van der Waals surface area (Å²) in [6.45, 7) is 6.59. The number of amides is 1. The molecule has 5 rings (SSSR count). The van der Waals surface area contributed by atoms with E-state index < -0.39 is 22.0 Å². The van der Waals surface area contributed by atoms with Crippen LogP contribution in [-0.4, -0.2) is 48.6 Å². The molecule has 1 fully saturated rings. The molecule has 0 spiro atoms. The maximum atomic E-state index is 13.5. The predicted molar refractivity (Wildman–Crippen MR) is 147 cm³/mol. The van der Waals surface area contributed by atoms with Crippen molar-refractivity contribution in [2.75, 3.05) is 24.8 Å². The van der Waals surface area contributed by atoms with Gasteiger partial charge in [0.05, 0.1) is 54.4 Å². The number of aromatic nitrogens is 3. The molecule has 0 bridgehead atoms. The highest BCUT2D eigenvalue weighted by Crippen LogP contribution is 2.33. The number of pyridine rings is 1. The van der Waals surface area contributed by atoms with Crippen LogP contribution in [0.4, 0.5) is 5.69 Å². The molecule has 39 heavy (non-hydrogen) atoms. The Bertz CT molecular complexity index is 1780. The van der Waals surface area contributed by atoms with Gasteiger partial charge in [-0.3, -0.25) is 14.3 Å². The zero-order valence-electron chi connectivity index (χ0n) is 21.6. The van der Waals surface area contributed by atoms with Crippen LogP contribution in [-0.2, 0) is 14.8 Å². The van der Waals surface area contributed by atoms with Gasteiger partial charge in [0.25, 0.3) is 5.91 Å². The van der Waals surface area contributed by atoms with Crippen molar-refractivity contribution in [3.05, 3.63) is 74.4 Å². The number of hydrogen-bond donors (Lipinski definition) is 2. The zero-order chi connectivity index (χ0) is 28.1. The number of carbonyl (C=O) groups excluding carboxylic acids is 1. The molecule has 1 aliphatic rings. The van der Waals surface area contributed by atoms with E-state index in [0.29, 0.717) is 46.6 Å². The van der Waals surface area contributed by atoms with Gasteiger partial charge in [-0.05, 0) is 44.5 Å². The first-order valence-electron chi connectivity index (χ1n) is 12.1. The Labute approximate surface area is 229 Å². The number of hydrogen-bond acceptors (Lipinski definition) is 9. The number of benzene rings is 1. The highest BCUT2D eigenvalue weighted by Gasteiger charge is 2.25. The first-order valence-corrected chi connectivity index (χ1v) is 14.3. The molecule has 4 aromatic rings. The second-order valence-corrected chi connectivity index (χ2v) is 11.8. The van der Waals surface area contributed by atoms with Crippen molar-refractivity contribution in [1.82, 2.24) is 19.5 Å². The van der Waals surface area contributed by atoms with Gasteiger partial charge >= 0.3 is 0 Å². The third-order valence-corrected chi connectivity index (χ3v) is 7.21. The number of nitrogens with one attached hydrogen (secondary N) is 2. The number of anilines is 1. The zero-order valence-corrected chi connectivity index (χ0v) is 23.2. The van der Waals surface area contributed by atoms with Crippen LogP contribution in [0.15, 0.2) is 45.9 Å². The molecule has 3 aromatic heterocycles. The van der Waals surface area contributed by atoms with Crippen molar-refractivity contribution >= 4 is 44.2 Å². The summed E-state index contributed by atoms with van der Waals surface area (Å²) in [4.78, 5) is 30.1. The van der Waals surface area contributed by atoms with Gasteiger partial charge in [0.2, 0.25) is 10.0 Å². The van der Waals surface area contributed by atoms with E-state index in [1.807, 2.05) is 30.8 Å². The molecule has 1 aromatic carbocycles. The van der Waals surface area contributed by atoms with E-state index in [0.717, 1.165) is 11.8 Å². The predicted octanol–water partition coefficient (Wildman–Crippen LogP) is 3.76. The summed E-state index contributed by atoms with van der Waals surface area (Å²) in [6, 6.07) is 6.33. The lowest BCUT2D eigenvalue weighted by Crippen LogP contribution is -2.31. The third kappa shape index (κ3) is 5.40. The summed E-state index contributed by atoms with van der Waals surface area (Å²) in [5.41, 5.74) is 2.92. The van der Waals surface area contributed by atoms with Crippen LogP contribution in [0.1, 0.15) is 46.2 Å². The van der Waals surface area contributed by atoms with Crippen molar-refractivity contribution in [3.8, 4) is 11.3 Å². The maximum absolute atomic E-state index is 13.5. The van der Waals surface area contributed by atoms with Crippen LogP contribution < -0.4 is 15.5 Å². The number of rotatable bonds is 7. The minimum Gasteiger partial charge on any atom is -0.455 e. The SMILES string of the molecule is Cc1cc([C@@H](C)Nc2ccc(Cl)nc2C(=O)NS(C)(=O)=O)c2oc(-c3cnn(C4COC4)c3)c(C)c(=O)c2c1. The van der Waals surface area contributed by atoms with E-state index in [1.165, 1.54) is 12.1 Å².